The zero-order valence-electron chi connectivity index (χ0n) is 12.9. The molecule has 0 radical (unpaired) electrons. The summed E-state index contributed by atoms with van der Waals surface area (Å²) in [6, 6.07) is 3.76. The predicted molar refractivity (Wildman–Crippen MR) is 83.7 cm³/mol. The van der Waals surface area contributed by atoms with Crippen molar-refractivity contribution >= 4 is 15.8 Å². The van der Waals surface area contributed by atoms with Gasteiger partial charge in [-0.15, -0.1) is 0 Å². The van der Waals surface area contributed by atoms with Crippen molar-refractivity contribution < 1.29 is 8.42 Å². The third kappa shape index (κ3) is 3.36. The fourth-order valence-electron chi connectivity index (χ4n) is 2.74. The molecule has 0 saturated heterocycles. The molecule has 1 saturated carbocycles. The Morgan fingerprint density at radius 1 is 1.19 bits per heavy atom. The van der Waals surface area contributed by atoms with Crippen molar-refractivity contribution in [2.75, 3.05) is 26.0 Å². The molecule has 0 amide bonds. The van der Waals surface area contributed by atoms with Crippen LogP contribution in [0, 0.1) is 0 Å². The number of rotatable bonds is 4. The minimum Gasteiger partial charge on any atom is -0.355 e. The molecule has 1 aromatic heterocycles. The molecule has 2 unspecified atom stereocenters. The summed E-state index contributed by atoms with van der Waals surface area (Å²) in [5.41, 5.74) is 6.18. The topological polar surface area (TPSA) is 79.5 Å². The standard InChI is InChI=1S/C14H24N4O2S/c1-17(2)21(19,20)11-8-9-14(16-10-11)18(3)13-7-5-4-6-12(13)15/h8-10,12-13H,4-7,15H2,1-3H3. The Labute approximate surface area is 127 Å². The highest BCUT2D eigenvalue weighted by atomic mass is 32.2. The van der Waals surface area contributed by atoms with Crippen LogP contribution < -0.4 is 10.6 Å². The molecule has 0 bridgehead atoms. The Bertz CT molecular complexity index is 571. The van der Waals surface area contributed by atoms with Crippen LogP contribution in [-0.4, -0.2) is 50.9 Å². The van der Waals surface area contributed by atoms with Crippen molar-refractivity contribution in [3.8, 4) is 0 Å². The van der Waals surface area contributed by atoms with E-state index in [1.807, 2.05) is 7.05 Å². The monoisotopic (exact) mass is 312 g/mol. The Morgan fingerprint density at radius 2 is 1.86 bits per heavy atom. The summed E-state index contributed by atoms with van der Waals surface area (Å²) in [5.74, 6) is 0.759. The summed E-state index contributed by atoms with van der Waals surface area (Å²) in [7, 11) is 1.56. The minimum atomic E-state index is -3.43. The summed E-state index contributed by atoms with van der Waals surface area (Å²) >= 11 is 0. The molecule has 1 fully saturated rings. The van der Waals surface area contributed by atoms with Crippen LogP contribution >= 0.6 is 0 Å². The number of aromatic nitrogens is 1. The molecule has 0 aliphatic heterocycles. The van der Waals surface area contributed by atoms with Gasteiger partial charge in [-0.25, -0.2) is 17.7 Å². The molecule has 118 valence electrons. The van der Waals surface area contributed by atoms with E-state index in [9.17, 15) is 8.42 Å². The average molecular weight is 312 g/mol. The van der Waals surface area contributed by atoms with Crippen LogP contribution in [0.5, 0.6) is 0 Å². The molecule has 7 heteroatoms. The van der Waals surface area contributed by atoms with E-state index >= 15 is 0 Å². The molecule has 1 heterocycles. The highest BCUT2D eigenvalue weighted by Gasteiger charge is 2.26. The molecular weight excluding hydrogens is 288 g/mol. The van der Waals surface area contributed by atoms with Gasteiger partial charge in [-0.05, 0) is 25.0 Å². The summed E-state index contributed by atoms with van der Waals surface area (Å²) in [6.07, 6.45) is 5.85. The van der Waals surface area contributed by atoms with Crippen LogP contribution in [0.1, 0.15) is 25.7 Å². The van der Waals surface area contributed by atoms with Crippen molar-refractivity contribution in [3.63, 3.8) is 0 Å². The Kier molecular flexibility index (Phi) is 4.85. The van der Waals surface area contributed by atoms with E-state index < -0.39 is 10.0 Å². The molecule has 2 rings (SSSR count). The average Bonchev–Trinajstić information content (AvgIpc) is 2.47. The lowest BCUT2D eigenvalue weighted by atomic mass is 9.90. The van der Waals surface area contributed by atoms with Crippen LogP contribution in [0.3, 0.4) is 0 Å². The van der Waals surface area contributed by atoms with Gasteiger partial charge in [-0.3, -0.25) is 0 Å². The number of hydrogen-bond donors (Lipinski definition) is 1. The lowest BCUT2D eigenvalue weighted by Gasteiger charge is -2.36. The van der Waals surface area contributed by atoms with Crippen LogP contribution in [-0.2, 0) is 10.0 Å². The summed E-state index contributed by atoms with van der Waals surface area (Å²) in [6.45, 7) is 0. The van der Waals surface area contributed by atoms with Gasteiger partial charge in [-0.1, -0.05) is 12.8 Å². The van der Waals surface area contributed by atoms with E-state index in [1.54, 1.807) is 12.1 Å². The Hall–Kier alpha value is -1.18. The van der Waals surface area contributed by atoms with Crippen molar-refractivity contribution in [2.45, 2.75) is 42.7 Å². The Morgan fingerprint density at radius 3 is 2.38 bits per heavy atom. The molecule has 1 aromatic rings. The summed E-state index contributed by atoms with van der Waals surface area (Å²) in [4.78, 5) is 6.57. The molecule has 2 N–H and O–H groups in total. The lowest BCUT2D eigenvalue weighted by molar-refractivity contribution is 0.372. The molecule has 6 nitrogen and oxygen atoms in total. The maximum absolute atomic E-state index is 12.0. The van der Waals surface area contributed by atoms with Crippen LogP contribution in [0.4, 0.5) is 5.82 Å². The van der Waals surface area contributed by atoms with Crippen LogP contribution in [0.2, 0.25) is 0 Å². The maximum Gasteiger partial charge on any atom is 0.244 e. The van der Waals surface area contributed by atoms with E-state index in [-0.39, 0.29) is 17.0 Å². The molecular formula is C14H24N4O2S. The van der Waals surface area contributed by atoms with Crippen LogP contribution in [0.15, 0.2) is 23.2 Å². The second-order valence-electron chi connectivity index (χ2n) is 5.77. The van der Waals surface area contributed by atoms with Gasteiger partial charge < -0.3 is 10.6 Å². The number of anilines is 1. The summed E-state index contributed by atoms with van der Waals surface area (Å²) in [5, 5.41) is 0. The van der Waals surface area contributed by atoms with Crippen LogP contribution in [0.25, 0.3) is 0 Å². The highest BCUT2D eigenvalue weighted by molar-refractivity contribution is 7.89. The lowest BCUT2D eigenvalue weighted by Crippen LogP contribution is -2.48. The number of nitrogens with two attached hydrogens (primary N) is 1. The predicted octanol–water partition coefficient (Wildman–Crippen LogP) is 1.04. The second-order valence-corrected chi connectivity index (χ2v) is 7.92. The van der Waals surface area contributed by atoms with Gasteiger partial charge in [0.15, 0.2) is 0 Å². The quantitative estimate of drug-likeness (QED) is 0.898. The number of nitrogens with zero attached hydrogens (tertiary/aromatic N) is 3. The van der Waals surface area contributed by atoms with Crippen molar-refractivity contribution in [1.82, 2.24) is 9.29 Å². The fourth-order valence-corrected chi connectivity index (χ4v) is 3.58. The first kappa shape index (κ1) is 16.2. The van der Waals surface area contributed by atoms with E-state index in [4.69, 9.17) is 5.73 Å². The maximum atomic E-state index is 12.0. The SMILES string of the molecule is CN(c1ccc(S(=O)(=O)N(C)C)cn1)C1CCCCC1N. The number of hydrogen-bond acceptors (Lipinski definition) is 5. The molecule has 1 aliphatic carbocycles. The Balaban J connectivity index is 2.19. The van der Waals surface area contributed by atoms with Gasteiger partial charge in [0.1, 0.15) is 10.7 Å². The van der Waals surface area contributed by atoms with Gasteiger partial charge in [0.2, 0.25) is 10.0 Å². The zero-order chi connectivity index (χ0) is 15.6. The highest BCUT2D eigenvalue weighted by Crippen LogP contribution is 2.25. The summed E-state index contributed by atoms with van der Waals surface area (Å²) < 4.78 is 25.2. The first-order valence-electron chi connectivity index (χ1n) is 7.21. The third-order valence-electron chi connectivity index (χ3n) is 4.14. The smallest absolute Gasteiger partial charge is 0.244 e. The second kappa shape index (κ2) is 6.29. The largest absolute Gasteiger partial charge is 0.355 e. The molecule has 21 heavy (non-hydrogen) atoms. The van der Waals surface area contributed by atoms with Gasteiger partial charge >= 0.3 is 0 Å². The van der Waals surface area contributed by atoms with E-state index in [0.29, 0.717) is 0 Å². The third-order valence-corrected chi connectivity index (χ3v) is 5.94. The van der Waals surface area contributed by atoms with Crippen molar-refractivity contribution in [2.24, 2.45) is 5.73 Å². The van der Waals surface area contributed by atoms with Gasteiger partial charge in [-0.2, -0.15) is 0 Å². The number of likely N-dealkylation sites (N-methyl/N-ethyl adjacent to an activating group) is 1. The minimum absolute atomic E-state index is 0.149. The van der Waals surface area contributed by atoms with E-state index in [1.165, 1.54) is 37.4 Å². The van der Waals surface area contributed by atoms with Crippen molar-refractivity contribution in [3.05, 3.63) is 18.3 Å². The zero-order valence-corrected chi connectivity index (χ0v) is 13.7. The van der Waals surface area contributed by atoms with Crippen molar-refractivity contribution in [1.29, 1.82) is 0 Å². The molecule has 2 atom stereocenters. The number of sulfonamides is 1. The van der Waals surface area contributed by atoms with Gasteiger partial charge in [0, 0.05) is 39.4 Å². The fraction of sp³-hybridized carbons (Fsp3) is 0.643. The first-order valence-corrected chi connectivity index (χ1v) is 8.65. The number of pyridine rings is 1. The normalized spacial score (nSPS) is 23.3. The first-order chi connectivity index (χ1) is 9.84. The molecule has 0 aromatic carbocycles. The van der Waals surface area contributed by atoms with E-state index in [2.05, 4.69) is 9.88 Å². The molecule has 1 aliphatic rings. The van der Waals surface area contributed by atoms with Gasteiger partial charge in [0.25, 0.3) is 0 Å². The van der Waals surface area contributed by atoms with Gasteiger partial charge in [0.05, 0.1) is 0 Å². The molecule has 0 spiro atoms. The van der Waals surface area contributed by atoms with E-state index in [0.717, 1.165) is 18.7 Å².